The zero-order chi connectivity index (χ0) is 14.4. The number of hydrogen-bond acceptors (Lipinski definition) is 0. The van der Waals surface area contributed by atoms with Crippen molar-refractivity contribution in [1.29, 1.82) is 0 Å². The molecule has 3 heteroatoms. The van der Waals surface area contributed by atoms with Crippen LogP contribution in [0.1, 0.15) is 41.0 Å². The Balaban J connectivity index is 0.000000873. The predicted molar refractivity (Wildman–Crippen MR) is 71.3 cm³/mol. The lowest BCUT2D eigenvalue weighted by atomic mass is 9.89. The molecule has 0 spiro atoms. The molecule has 104 valence electrons. The largest absolute Gasteiger partial charge is 0.400 e. The van der Waals surface area contributed by atoms with E-state index in [4.69, 9.17) is 0 Å². The summed E-state index contributed by atoms with van der Waals surface area (Å²) >= 11 is 0. The SMILES string of the molecule is CC(C)C1=CC=CC(C)(C(F)(F)F)C=C1.CCC. The third-order valence-electron chi connectivity index (χ3n) is 2.63. The minimum absolute atomic E-state index is 0.237. The first kappa shape index (κ1) is 17.0. The van der Waals surface area contributed by atoms with E-state index in [1.54, 1.807) is 12.2 Å². The first-order chi connectivity index (χ1) is 8.18. The van der Waals surface area contributed by atoms with Crippen LogP contribution in [0.25, 0.3) is 0 Å². The fraction of sp³-hybridized carbons (Fsp3) is 0.600. The molecular formula is C15H23F3. The van der Waals surface area contributed by atoms with Crippen molar-refractivity contribution in [1.82, 2.24) is 0 Å². The van der Waals surface area contributed by atoms with Gasteiger partial charge in [0.15, 0.2) is 0 Å². The first-order valence-corrected chi connectivity index (χ1v) is 6.33. The van der Waals surface area contributed by atoms with Gasteiger partial charge in [-0.15, -0.1) is 0 Å². The molecule has 1 aliphatic rings. The van der Waals surface area contributed by atoms with E-state index < -0.39 is 11.6 Å². The molecule has 0 amide bonds. The van der Waals surface area contributed by atoms with Crippen molar-refractivity contribution >= 4 is 0 Å². The molecular weight excluding hydrogens is 237 g/mol. The molecule has 0 fully saturated rings. The summed E-state index contributed by atoms with van der Waals surface area (Å²) in [5, 5.41) is 0. The number of alkyl halides is 3. The summed E-state index contributed by atoms with van der Waals surface area (Å²) in [6.45, 7) is 9.34. The molecule has 0 saturated heterocycles. The molecule has 0 aromatic carbocycles. The van der Waals surface area contributed by atoms with Crippen LogP contribution in [0.2, 0.25) is 0 Å². The van der Waals surface area contributed by atoms with E-state index in [0.717, 1.165) is 5.57 Å². The average Bonchev–Trinajstić information content (AvgIpc) is 2.41. The van der Waals surface area contributed by atoms with Gasteiger partial charge in [0.2, 0.25) is 0 Å². The first-order valence-electron chi connectivity index (χ1n) is 6.33. The van der Waals surface area contributed by atoms with Crippen LogP contribution in [0, 0.1) is 11.3 Å². The van der Waals surface area contributed by atoms with E-state index in [1.165, 1.54) is 31.6 Å². The van der Waals surface area contributed by atoms with Crippen LogP contribution < -0.4 is 0 Å². The average molecular weight is 260 g/mol. The third-order valence-corrected chi connectivity index (χ3v) is 2.63. The van der Waals surface area contributed by atoms with Crippen LogP contribution in [0.15, 0.2) is 36.0 Å². The van der Waals surface area contributed by atoms with Gasteiger partial charge in [-0.05, 0) is 18.4 Å². The highest BCUT2D eigenvalue weighted by Gasteiger charge is 2.47. The van der Waals surface area contributed by atoms with Gasteiger partial charge in [0.25, 0.3) is 0 Å². The van der Waals surface area contributed by atoms with E-state index in [2.05, 4.69) is 13.8 Å². The van der Waals surface area contributed by atoms with Gasteiger partial charge in [-0.25, -0.2) is 0 Å². The lowest BCUT2D eigenvalue weighted by molar-refractivity contribution is -0.183. The Labute approximate surface area is 108 Å². The lowest BCUT2D eigenvalue weighted by Gasteiger charge is -2.24. The van der Waals surface area contributed by atoms with Gasteiger partial charge in [0.1, 0.15) is 0 Å². The summed E-state index contributed by atoms with van der Waals surface area (Å²) in [6, 6.07) is 0. The molecule has 1 unspecified atom stereocenters. The fourth-order valence-electron chi connectivity index (χ4n) is 1.31. The summed E-state index contributed by atoms with van der Waals surface area (Å²) in [4.78, 5) is 0. The van der Waals surface area contributed by atoms with Crippen molar-refractivity contribution in [3.8, 4) is 0 Å². The van der Waals surface area contributed by atoms with Gasteiger partial charge in [-0.3, -0.25) is 0 Å². The molecule has 0 bridgehead atoms. The lowest BCUT2D eigenvalue weighted by Crippen LogP contribution is -2.31. The van der Waals surface area contributed by atoms with Gasteiger partial charge in [0.05, 0.1) is 5.41 Å². The Kier molecular flexibility index (Phi) is 6.44. The Morgan fingerprint density at radius 3 is 2.06 bits per heavy atom. The van der Waals surface area contributed by atoms with Crippen molar-refractivity contribution in [2.75, 3.05) is 0 Å². The molecule has 0 heterocycles. The number of allylic oxidation sites excluding steroid dienone is 6. The van der Waals surface area contributed by atoms with Crippen molar-refractivity contribution < 1.29 is 13.2 Å². The highest BCUT2D eigenvalue weighted by atomic mass is 19.4. The summed E-state index contributed by atoms with van der Waals surface area (Å²) < 4.78 is 38.1. The van der Waals surface area contributed by atoms with E-state index in [-0.39, 0.29) is 5.92 Å². The summed E-state index contributed by atoms with van der Waals surface area (Å²) in [7, 11) is 0. The summed E-state index contributed by atoms with van der Waals surface area (Å²) in [5.74, 6) is 0.237. The molecule has 1 atom stereocenters. The zero-order valence-electron chi connectivity index (χ0n) is 11.8. The highest BCUT2D eigenvalue weighted by molar-refractivity contribution is 5.33. The van der Waals surface area contributed by atoms with Gasteiger partial charge in [0, 0.05) is 0 Å². The second-order valence-electron chi connectivity index (χ2n) is 5.00. The Hall–Kier alpha value is -0.990. The Morgan fingerprint density at radius 2 is 1.67 bits per heavy atom. The molecule has 0 aromatic heterocycles. The Bertz CT molecular complexity index is 332. The van der Waals surface area contributed by atoms with Gasteiger partial charge >= 0.3 is 6.18 Å². The minimum Gasteiger partial charge on any atom is -0.170 e. The smallest absolute Gasteiger partial charge is 0.170 e. The minimum atomic E-state index is -4.24. The van der Waals surface area contributed by atoms with E-state index in [1.807, 2.05) is 13.8 Å². The van der Waals surface area contributed by atoms with Crippen molar-refractivity contribution in [2.45, 2.75) is 47.2 Å². The predicted octanol–water partition coefficient (Wildman–Crippen LogP) is 5.68. The highest BCUT2D eigenvalue weighted by Crippen LogP contribution is 2.41. The summed E-state index contributed by atoms with van der Waals surface area (Å²) in [6.07, 6.45) is 4.22. The van der Waals surface area contributed by atoms with E-state index >= 15 is 0 Å². The molecule has 1 aliphatic carbocycles. The number of hydrogen-bond donors (Lipinski definition) is 0. The maximum Gasteiger partial charge on any atom is 0.400 e. The molecule has 0 N–H and O–H groups in total. The van der Waals surface area contributed by atoms with Gasteiger partial charge in [-0.2, -0.15) is 13.2 Å². The number of halogens is 3. The maximum absolute atomic E-state index is 12.7. The van der Waals surface area contributed by atoms with Crippen molar-refractivity contribution in [2.24, 2.45) is 11.3 Å². The molecule has 0 aromatic rings. The summed E-state index contributed by atoms with van der Waals surface area (Å²) in [5.41, 5.74) is -0.931. The molecule has 18 heavy (non-hydrogen) atoms. The van der Waals surface area contributed by atoms with Crippen LogP contribution >= 0.6 is 0 Å². The van der Waals surface area contributed by atoms with Crippen LogP contribution in [0.5, 0.6) is 0 Å². The zero-order valence-corrected chi connectivity index (χ0v) is 11.8. The van der Waals surface area contributed by atoms with Gasteiger partial charge < -0.3 is 0 Å². The maximum atomic E-state index is 12.7. The van der Waals surface area contributed by atoms with Crippen LogP contribution in [0.3, 0.4) is 0 Å². The molecule has 0 aliphatic heterocycles. The van der Waals surface area contributed by atoms with Crippen LogP contribution in [-0.2, 0) is 0 Å². The molecule has 1 rings (SSSR count). The number of rotatable bonds is 1. The van der Waals surface area contributed by atoms with E-state index in [0.29, 0.717) is 0 Å². The normalized spacial score (nSPS) is 23.3. The van der Waals surface area contributed by atoms with E-state index in [9.17, 15) is 13.2 Å². The third kappa shape index (κ3) is 4.71. The Morgan fingerprint density at radius 1 is 1.17 bits per heavy atom. The van der Waals surface area contributed by atoms with Crippen molar-refractivity contribution in [3.05, 3.63) is 36.0 Å². The monoisotopic (exact) mass is 260 g/mol. The molecule has 0 saturated carbocycles. The second kappa shape index (κ2) is 6.81. The quantitative estimate of drug-likeness (QED) is 0.569. The van der Waals surface area contributed by atoms with Crippen LogP contribution in [-0.4, -0.2) is 6.18 Å². The van der Waals surface area contributed by atoms with Crippen molar-refractivity contribution in [3.63, 3.8) is 0 Å². The molecule has 0 radical (unpaired) electrons. The standard InChI is InChI=1S/C12H15F3.C3H8/c1-9(2)10-5-4-7-11(3,8-6-10)12(13,14)15;1-3-2/h4-9H,1-3H3;3H2,1-2H3. The van der Waals surface area contributed by atoms with Gasteiger partial charge in [-0.1, -0.05) is 64.5 Å². The second-order valence-corrected chi connectivity index (χ2v) is 5.00. The van der Waals surface area contributed by atoms with Crippen LogP contribution in [0.4, 0.5) is 13.2 Å². The fourth-order valence-corrected chi connectivity index (χ4v) is 1.31. The topological polar surface area (TPSA) is 0 Å². The molecule has 0 nitrogen and oxygen atoms in total.